The lowest BCUT2D eigenvalue weighted by molar-refractivity contribution is -0.123. The molecule has 4 N–H and O–H groups in total. The highest BCUT2D eigenvalue weighted by Gasteiger charge is 2.23. The molecular weight excluding hydrogens is 384 g/mol. The summed E-state index contributed by atoms with van der Waals surface area (Å²) in [7, 11) is 0. The first kappa shape index (κ1) is 23.1. The lowest BCUT2D eigenvalue weighted by Gasteiger charge is -2.10. The highest BCUT2D eigenvalue weighted by Crippen LogP contribution is 2.14. The third-order valence-electron chi connectivity index (χ3n) is 3.06. The van der Waals surface area contributed by atoms with Crippen molar-refractivity contribution in [2.45, 2.75) is 20.8 Å². The van der Waals surface area contributed by atoms with Gasteiger partial charge in [0.25, 0.3) is 11.8 Å². The average Bonchev–Trinajstić information content (AvgIpc) is 2.63. The van der Waals surface area contributed by atoms with Crippen molar-refractivity contribution in [3.05, 3.63) is 36.0 Å². The molecule has 0 unspecified atom stereocenters. The van der Waals surface area contributed by atoms with Crippen molar-refractivity contribution < 1.29 is 33.4 Å². The maximum Gasteiger partial charge on any atom is 0.414 e. The van der Waals surface area contributed by atoms with E-state index in [-0.39, 0.29) is 19.1 Å². The highest BCUT2D eigenvalue weighted by atomic mass is 16.6. The minimum Gasteiger partial charge on any atom is -0.450 e. The van der Waals surface area contributed by atoms with Crippen molar-refractivity contribution in [1.82, 2.24) is 10.6 Å². The third kappa shape index (κ3) is 8.56. The standard InChI is InChI=1S/C18H22N4O7/c1-4-28-17(26)21-15(24)14(16(25)22-18(27)29-5-2)10-19-12-6-8-13(9-7-12)20-11(3)23/h6-10,19H,4-5H2,1-3H3,(H,20,23)(H,21,24,26)(H,22,25,27). The van der Waals surface area contributed by atoms with Crippen molar-refractivity contribution in [3.8, 4) is 0 Å². The van der Waals surface area contributed by atoms with Crippen LogP contribution in [-0.2, 0) is 23.9 Å². The Morgan fingerprint density at radius 1 is 0.828 bits per heavy atom. The molecule has 0 saturated heterocycles. The van der Waals surface area contributed by atoms with Crippen LogP contribution in [-0.4, -0.2) is 43.1 Å². The van der Waals surface area contributed by atoms with Gasteiger partial charge in [0, 0.05) is 24.5 Å². The van der Waals surface area contributed by atoms with Gasteiger partial charge < -0.3 is 20.1 Å². The van der Waals surface area contributed by atoms with Crippen LogP contribution in [0.4, 0.5) is 21.0 Å². The third-order valence-corrected chi connectivity index (χ3v) is 3.06. The molecule has 0 heterocycles. The summed E-state index contributed by atoms with van der Waals surface area (Å²) in [6, 6.07) is 6.33. The summed E-state index contributed by atoms with van der Waals surface area (Å²) in [6.07, 6.45) is -1.09. The van der Waals surface area contributed by atoms with E-state index in [0.717, 1.165) is 6.20 Å². The summed E-state index contributed by atoms with van der Waals surface area (Å²) in [4.78, 5) is 58.4. The van der Waals surface area contributed by atoms with Gasteiger partial charge in [0.2, 0.25) is 5.91 Å². The number of benzene rings is 1. The summed E-state index contributed by atoms with van der Waals surface area (Å²) in [5.74, 6) is -2.42. The fourth-order valence-corrected chi connectivity index (χ4v) is 1.90. The first-order valence-corrected chi connectivity index (χ1v) is 8.57. The van der Waals surface area contributed by atoms with E-state index in [1.54, 1.807) is 38.1 Å². The number of anilines is 2. The fraction of sp³-hybridized carbons (Fsp3) is 0.278. The van der Waals surface area contributed by atoms with Gasteiger partial charge in [0.1, 0.15) is 5.57 Å². The number of nitrogens with one attached hydrogen (secondary N) is 4. The molecule has 29 heavy (non-hydrogen) atoms. The second-order valence-corrected chi connectivity index (χ2v) is 5.31. The van der Waals surface area contributed by atoms with Crippen LogP contribution in [0.5, 0.6) is 0 Å². The lowest BCUT2D eigenvalue weighted by atomic mass is 10.2. The number of carbonyl (C=O) groups is 5. The number of hydrogen-bond acceptors (Lipinski definition) is 8. The molecule has 1 aromatic rings. The van der Waals surface area contributed by atoms with Gasteiger partial charge in [0.15, 0.2) is 0 Å². The van der Waals surface area contributed by atoms with Crippen LogP contribution in [0.3, 0.4) is 0 Å². The molecule has 0 aromatic heterocycles. The Bertz CT molecular complexity index is 769. The summed E-state index contributed by atoms with van der Waals surface area (Å²) < 4.78 is 9.19. The number of ether oxygens (including phenoxy) is 2. The quantitative estimate of drug-likeness (QED) is 0.302. The SMILES string of the molecule is CCOC(=O)NC(=O)C(=CNc1ccc(NC(C)=O)cc1)C(=O)NC(=O)OCC. The predicted octanol–water partition coefficient (Wildman–Crippen LogP) is 1.49. The Balaban J connectivity index is 2.97. The molecule has 11 nitrogen and oxygen atoms in total. The van der Waals surface area contributed by atoms with Crippen molar-refractivity contribution in [2.24, 2.45) is 0 Å². The minimum absolute atomic E-state index is 0.0199. The number of imide groups is 2. The van der Waals surface area contributed by atoms with Gasteiger partial charge in [-0.2, -0.15) is 0 Å². The van der Waals surface area contributed by atoms with E-state index in [4.69, 9.17) is 0 Å². The lowest BCUT2D eigenvalue weighted by Crippen LogP contribution is -2.40. The Morgan fingerprint density at radius 2 is 1.28 bits per heavy atom. The van der Waals surface area contributed by atoms with Crippen LogP contribution in [0.1, 0.15) is 20.8 Å². The van der Waals surface area contributed by atoms with Crippen molar-refractivity contribution in [3.63, 3.8) is 0 Å². The van der Waals surface area contributed by atoms with Crippen LogP contribution < -0.4 is 21.3 Å². The molecule has 0 aliphatic carbocycles. The van der Waals surface area contributed by atoms with Crippen molar-refractivity contribution in [2.75, 3.05) is 23.8 Å². The highest BCUT2D eigenvalue weighted by molar-refractivity contribution is 6.23. The molecule has 5 amide bonds. The Labute approximate surface area is 166 Å². The van der Waals surface area contributed by atoms with Crippen LogP contribution in [0, 0.1) is 0 Å². The van der Waals surface area contributed by atoms with Gasteiger partial charge in [-0.1, -0.05) is 0 Å². The molecule has 0 aliphatic rings. The monoisotopic (exact) mass is 406 g/mol. The van der Waals surface area contributed by atoms with E-state index in [2.05, 4.69) is 20.1 Å². The molecule has 1 aromatic carbocycles. The van der Waals surface area contributed by atoms with E-state index in [1.165, 1.54) is 6.92 Å². The van der Waals surface area contributed by atoms with Gasteiger partial charge in [-0.15, -0.1) is 0 Å². The van der Waals surface area contributed by atoms with Crippen LogP contribution >= 0.6 is 0 Å². The van der Waals surface area contributed by atoms with Crippen LogP contribution in [0.25, 0.3) is 0 Å². The van der Waals surface area contributed by atoms with Crippen LogP contribution in [0.15, 0.2) is 36.0 Å². The number of rotatable bonds is 7. The van der Waals surface area contributed by atoms with Gasteiger partial charge in [-0.3, -0.25) is 25.0 Å². The molecule has 0 bridgehead atoms. The molecule has 0 saturated carbocycles. The summed E-state index contributed by atoms with van der Waals surface area (Å²) >= 11 is 0. The summed E-state index contributed by atoms with van der Waals surface area (Å²) in [5.41, 5.74) is 0.439. The van der Waals surface area contributed by atoms with Crippen molar-refractivity contribution >= 4 is 41.3 Å². The first-order valence-electron chi connectivity index (χ1n) is 8.57. The second kappa shape index (κ2) is 11.7. The Hall–Kier alpha value is -3.89. The van der Waals surface area contributed by atoms with Gasteiger partial charge in [0.05, 0.1) is 13.2 Å². The average molecular weight is 406 g/mol. The maximum absolute atomic E-state index is 12.2. The summed E-state index contributed by atoms with van der Waals surface area (Å²) in [5, 5.41) is 9.01. The predicted molar refractivity (Wildman–Crippen MR) is 103 cm³/mol. The number of carbonyl (C=O) groups excluding carboxylic acids is 5. The molecule has 1 rings (SSSR count). The van der Waals surface area contributed by atoms with Crippen molar-refractivity contribution in [1.29, 1.82) is 0 Å². The molecule has 11 heteroatoms. The second-order valence-electron chi connectivity index (χ2n) is 5.31. The number of amides is 5. The maximum atomic E-state index is 12.2. The zero-order valence-corrected chi connectivity index (χ0v) is 16.2. The van der Waals surface area contributed by atoms with E-state index in [1.807, 2.05) is 10.6 Å². The normalized spacial score (nSPS) is 9.48. The number of alkyl carbamates (subject to hydrolysis) is 2. The van der Waals surface area contributed by atoms with E-state index in [0.29, 0.717) is 11.4 Å². The zero-order valence-electron chi connectivity index (χ0n) is 16.2. The largest absolute Gasteiger partial charge is 0.450 e. The molecular formula is C18H22N4O7. The fourth-order valence-electron chi connectivity index (χ4n) is 1.90. The van der Waals surface area contributed by atoms with Gasteiger partial charge in [-0.25, -0.2) is 9.59 Å². The Morgan fingerprint density at radius 3 is 1.69 bits per heavy atom. The molecule has 156 valence electrons. The van der Waals surface area contributed by atoms with Gasteiger partial charge in [-0.05, 0) is 38.1 Å². The van der Waals surface area contributed by atoms with E-state index < -0.39 is 29.6 Å². The molecule has 0 radical (unpaired) electrons. The molecule has 0 fully saturated rings. The summed E-state index contributed by atoms with van der Waals surface area (Å²) in [6.45, 7) is 4.49. The first-order chi connectivity index (χ1) is 13.8. The minimum atomic E-state index is -1.09. The smallest absolute Gasteiger partial charge is 0.414 e. The molecule has 0 spiro atoms. The molecule has 0 aliphatic heterocycles. The Kier molecular flexibility index (Phi) is 9.38. The van der Waals surface area contributed by atoms with E-state index >= 15 is 0 Å². The molecule has 0 atom stereocenters. The van der Waals surface area contributed by atoms with E-state index in [9.17, 15) is 24.0 Å². The topological polar surface area (TPSA) is 152 Å². The number of hydrogen-bond donors (Lipinski definition) is 4. The van der Waals surface area contributed by atoms with Crippen LogP contribution in [0.2, 0.25) is 0 Å². The zero-order chi connectivity index (χ0) is 21.8. The van der Waals surface area contributed by atoms with Gasteiger partial charge >= 0.3 is 12.2 Å².